The maximum Gasteiger partial charge on any atom is 0.416 e. The van der Waals surface area contributed by atoms with Crippen LogP contribution in [0.25, 0.3) is 0 Å². The van der Waals surface area contributed by atoms with E-state index in [-0.39, 0.29) is 18.9 Å². The molecule has 2 amide bonds. The summed E-state index contributed by atoms with van der Waals surface area (Å²) in [6.07, 6.45) is -4.39. The van der Waals surface area contributed by atoms with E-state index in [1.165, 1.54) is 17.9 Å². The monoisotopic (exact) mass is 577 g/mol. The maximum absolute atomic E-state index is 13.7. The van der Waals surface area contributed by atoms with Crippen molar-refractivity contribution >= 4 is 23.6 Å². The Kier molecular flexibility index (Phi) is 7.63. The molecule has 1 fully saturated rings. The summed E-state index contributed by atoms with van der Waals surface area (Å²) in [5.74, 6) is 0.781. The van der Waals surface area contributed by atoms with Gasteiger partial charge in [-0.2, -0.15) is 13.2 Å². The molecule has 9 nitrogen and oxygen atoms in total. The van der Waals surface area contributed by atoms with Crippen molar-refractivity contribution in [3.05, 3.63) is 75.8 Å². The third-order valence-corrected chi connectivity index (χ3v) is 7.30. The average molecular weight is 578 g/mol. The van der Waals surface area contributed by atoms with Crippen LogP contribution in [-0.4, -0.2) is 50.9 Å². The highest BCUT2D eigenvalue weighted by molar-refractivity contribution is 6.30. The number of ether oxygens (including phenoxy) is 2. The van der Waals surface area contributed by atoms with Crippen molar-refractivity contribution in [2.45, 2.75) is 57.6 Å². The SMILES string of the molecule is CC(=O)OC1C[C@H](c2nnc(C)n2Cc2ccc(Cl)cc2)N(C(=O)N[C@H]2CCOc3cc(C(F)(F)F)ccc32)C1. The lowest BCUT2D eigenvalue weighted by Gasteiger charge is -2.31. The highest BCUT2D eigenvalue weighted by Gasteiger charge is 2.42. The van der Waals surface area contributed by atoms with Crippen LogP contribution in [0.2, 0.25) is 5.02 Å². The Balaban J connectivity index is 1.41. The molecule has 0 radical (unpaired) electrons. The number of aryl methyl sites for hydroxylation is 1. The lowest BCUT2D eigenvalue weighted by Crippen LogP contribution is -2.43. The predicted molar refractivity (Wildman–Crippen MR) is 138 cm³/mol. The molecule has 2 aliphatic heterocycles. The second-order valence-corrected chi connectivity index (χ2v) is 10.3. The number of carbonyl (C=O) groups is 2. The number of nitrogens with one attached hydrogen (secondary N) is 1. The number of likely N-dealkylation sites (tertiary alicyclic amines) is 1. The first-order valence-electron chi connectivity index (χ1n) is 12.7. The van der Waals surface area contributed by atoms with Crippen molar-refractivity contribution in [2.75, 3.05) is 13.2 Å². The zero-order valence-electron chi connectivity index (χ0n) is 21.7. The Hall–Kier alpha value is -3.80. The number of benzene rings is 2. The van der Waals surface area contributed by atoms with Crippen molar-refractivity contribution < 1.29 is 32.2 Å². The van der Waals surface area contributed by atoms with Crippen molar-refractivity contribution in [1.82, 2.24) is 25.0 Å². The summed E-state index contributed by atoms with van der Waals surface area (Å²) in [6.45, 7) is 3.81. The fourth-order valence-electron chi connectivity index (χ4n) is 5.15. The summed E-state index contributed by atoms with van der Waals surface area (Å²) in [6, 6.07) is 9.00. The number of hydrogen-bond acceptors (Lipinski definition) is 6. The standard InChI is InChI=1S/C27H27ClF3N5O4/c1-15-33-34-25(35(15)13-17-3-6-19(28)7-4-17)23-12-20(40-16(2)37)14-36(23)26(38)32-22-9-10-39-24-11-18(27(29,30)31)5-8-21(22)24/h3-8,11,20,22-23H,9-10,12-14H2,1-2H3,(H,32,38)/t20?,22-,23+/m0/s1. The molecule has 0 saturated carbocycles. The van der Waals surface area contributed by atoms with Gasteiger partial charge in [-0.3, -0.25) is 4.79 Å². The largest absolute Gasteiger partial charge is 0.493 e. The van der Waals surface area contributed by atoms with E-state index >= 15 is 0 Å². The molecule has 2 aromatic carbocycles. The summed E-state index contributed by atoms with van der Waals surface area (Å²) >= 11 is 6.03. The summed E-state index contributed by atoms with van der Waals surface area (Å²) in [5, 5.41) is 12.2. The molecule has 3 aromatic rings. The van der Waals surface area contributed by atoms with Gasteiger partial charge in [-0.1, -0.05) is 29.8 Å². The Labute approximate surface area is 233 Å². The van der Waals surface area contributed by atoms with E-state index in [1.54, 1.807) is 12.1 Å². The molecule has 0 spiro atoms. The molecule has 13 heteroatoms. The normalized spacial score (nSPS) is 20.6. The number of amides is 2. The first-order chi connectivity index (χ1) is 19.0. The van der Waals surface area contributed by atoms with Gasteiger partial charge >= 0.3 is 18.2 Å². The number of halogens is 4. The molecule has 40 heavy (non-hydrogen) atoms. The minimum atomic E-state index is -4.51. The topological polar surface area (TPSA) is 98.6 Å². The van der Waals surface area contributed by atoms with E-state index in [4.69, 9.17) is 21.1 Å². The van der Waals surface area contributed by atoms with Gasteiger partial charge in [0.15, 0.2) is 5.82 Å². The molecule has 2 aliphatic rings. The summed E-state index contributed by atoms with van der Waals surface area (Å²) in [7, 11) is 0. The third-order valence-electron chi connectivity index (χ3n) is 7.05. The number of esters is 1. The Morgan fingerprint density at radius 3 is 2.62 bits per heavy atom. The van der Waals surface area contributed by atoms with Gasteiger partial charge in [-0.25, -0.2) is 4.79 Å². The fourth-order valence-corrected chi connectivity index (χ4v) is 5.27. The molecule has 1 aromatic heterocycles. The molecule has 3 atom stereocenters. The van der Waals surface area contributed by atoms with E-state index in [9.17, 15) is 22.8 Å². The number of alkyl halides is 3. The van der Waals surface area contributed by atoms with E-state index in [0.29, 0.717) is 41.6 Å². The highest BCUT2D eigenvalue weighted by atomic mass is 35.5. The highest BCUT2D eigenvalue weighted by Crippen LogP contribution is 2.39. The van der Waals surface area contributed by atoms with E-state index in [0.717, 1.165) is 17.7 Å². The molecular weight excluding hydrogens is 551 g/mol. The van der Waals surface area contributed by atoms with Gasteiger partial charge in [0.1, 0.15) is 17.7 Å². The van der Waals surface area contributed by atoms with E-state index in [2.05, 4.69) is 15.5 Å². The number of aromatic nitrogens is 3. The second kappa shape index (κ2) is 11.0. The summed E-state index contributed by atoms with van der Waals surface area (Å²) < 4.78 is 52.4. The van der Waals surface area contributed by atoms with Gasteiger partial charge in [0.2, 0.25) is 0 Å². The Morgan fingerprint density at radius 2 is 1.93 bits per heavy atom. The third kappa shape index (κ3) is 5.86. The van der Waals surface area contributed by atoms with Crippen molar-refractivity contribution in [1.29, 1.82) is 0 Å². The molecule has 212 valence electrons. The van der Waals surface area contributed by atoms with Crippen LogP contribution in [0, 0.1) is 6.92 Å². The number of nitrogens with zero attached hydrogens (tertiary/aromatic N) is 4. The van der Waals surface area contributed by atoms with Crippen LogP contribution in [0.3, 0.4) is 0 Å². The van der Waals surface area contributed by atoms with Gasteiger partial charge in [0.05, 0.1) is 37.3 Å². The maximum atomic E-state index is 13.7. The minimum Gasteiger partial charge on any atom is -0.493 e. The smallest absolute Gasteiger partial charge is 0.416 e. The van der Waals surface area contributed by atoms with Crippen molar-refractivity contribution in [2.24, 2.45) is 0 Å². The van der Waals surface area contributed by atoms with Crippen LogP contribution >= 0.6 is 11.6 Å². The molecule has 1 N–H and O–H groups in total. The predicted octanol–water partition coefficient (Wildman–Crippen LogP) is 5.22. The number of rotatable bonds is 5. The lowest BCUT2D eigenvalue weighted by atomic mass is 9.98. The Bertz CT molecular complexity index is 1410. The number of urea groups is 1. The number of hydrogen-bond donors (Lipinski definition) is 1. The van der Waals surface area contributed by atoms with Gasteiger partial charge in [-0.05, 0) is 36.8 Å². The zero-order valence-corrected chi connectivity index (χ0v) is 22.5. The average Bonchev–Trinajstić information content (AvgIpc) is 3.47. The molecule has 0 bridgehead atoms. The lowest BCUT2D eigenvalue weighted by molar-refractivity contribution is -0.145. The quantitative estimate of drug-likeness (QED) is 0.418. The number of fused-ring (bicyclic) bond motifs is 1. The van der Waals surface area contributed by atoms with Crippen LogP contribution in [0.4, 0.5) is 18.0 Å². The van der Waals surface area contributed by atoms with E-state index < -0.39 is 41.9 Å². The first-order valence-corrected chi connectivity index (χ1v) is 13.1. The molecule has 1 saturated heterocycles. The van der Waals surface area contributed by atoms with Gasteiger partial charge < -0.3 is 24.3 Å². The van der Waals surface area contributed by atoms with Gasteiger partial charge in [0, 0.05) is 30.4 Å². The first kappa shape index (κ1) is 27.8. The Morgan fingerprint density at radius 1 is 1.18 bits per heavy atom. The van der Waals surface area contributed by atoms with Crippen molar-refractivity contribution in [3.8, 4) is 5.75 Å². The molecule has 5 rings (SSSR count). The van der Waals surface area contributed by atoms with Crippen LogP contribution < -0.4 is 10.1 Å². The van der Waals surface area contributed by atoms with Crippen LogP contribution in [0.1, 0.15) is 60.2 Å². The van der Waals surface area contributed by atoms with Crippen molar-refractivity contribution in [3.63, 3.8) is 0 Å². The minimum absolute atomic E-state index is 0.0838. The summed E-state index contributed by atoms with van der Waals surface area (Å²) in [5.41, 5.74) is 0.593. The van der Waals surface area contributed by atoms with E-state index in [1.807, 2.05) is 23.6 Å². The molecular formula is C27H27ClF3N5O4. The summed E-state index contributed by atoms with van der Waals surface area (Å²) in [4.78, 5) is 26.9. The van der Waals surface area contributed by atoms with Crippen LogP contribution in [-0.2, 0) is 22.3 Å². The second-order valence-electron chi connectivity index (χ2n) is 9.84. The number of carbonyl (C=O) groups excluding carboxylic acids is 2. The molecule has 1 unspecified atom stereocenters. The zero-order chi connectivity index (χ0) is 28.6. The fraction of sp³-hybridized carbons (Fsp3) is 0.407. The van der Waals surface area contributed by atoms with Gasteiger partial charge in [0.25, 0.3) is 0 Å². The van der Waals surface area contributed by atoms with Gasteiger partial charge in [-0.15, -0.1) is 10.2 Å². The molecule has 0 aliphatic carbocycles. The molecule has 3 heterocycles. The van der Waals surface area contributed by atoms with Crippen LogP contribution in [0.5, 0.6) is 5.75 Å². The van der Waals surface area contributed by atoms with Crippen LogP contribution in [0.15, 0.2) is 42.5 Å².